The van der Waals surface area contributed by atoms with Gasteiger partial charge in [-0.3, -0.25) is 0 Å². The number of benzene rings is 2. The Morgan fingerprint density at radius 1 is 1.14 bits per heavy atom. The third kappa shape index (κ3) is 3.14. The van der Waals surface area contributed by atoms with E-state index in [0.717, 1.165) is 27.8 Å². The van der Waals surface area contributed by atoms with Crippen molar-refractivity contribution in [1.82, 2.24) is 4.98 Å². The van der Waals surface area contributed by atoms with Gasteiger partial charge in [-0.15, -0.1) is 11.3 Å². The number of anilines is 2. The van der Waals surface area contributed by atoms with Crippen molar-refractivity contribution in [3.8, 4) is 22.8 Å². The molecule has 0 unspecified atom stereocenters. The SMILES string of the molecule is COc1ccc(-c2csc(Nc3cccc(O)c3)n2)cc1. The van der Waals surface area contributed by atoms with Crippen molar-refractivity contribution >= 4 is 22.2 Å². The third-order valence-electron chi connectivity index (χ3n) is 2.99. The van der Waals surface area contributed by atoms with Gasteiger partial charge in [-0.25, -0.2) is 4.98 Å². The second-order valence-corrected chi connectivity index (χ2v) is 5.30. The molecule has 0 atom stereocenters. The van der Waals surface area contributed by atoms with Gasteiger partial charge in [-0.05, 0) is 36.4 Å². The van der Waals surface area contributed by atoms with E-state index in [1.54, 1.807) is 25.3 Å². The number of phenols is 1. The predicted molar refractivity (Wildman–Crippen MR) is 85.5 cm³/mol. The number of aromatic hydroxyl groups is 1. The Morgan fingerprint density at radius 2 is 1.95 bits per heavy atom. The largest absolute Gasteiger partial charge is 0.508 e. The number of rotatable bonds is 4. The molecule has 0 fully saturated rings. The van der Waals surface area contributed by atoms with E-state index in [0.29, 0.717) is 0 Å². The van der Waals surface area contributed by atoms with Crippen molar-refractivity contribution < 1.29 is 9.84 Å². The Labute approximate surface area is 126 Å². The molecule has 0 aliphatic heterocycles. The maximum absolute atomic E-state index is 9.45. The number of hydrogen-bond acceptors (Lipinski definition) is 5. The molecule has 5 heteroatoms. The van der Waals surface area contributed by atoms with Crippen molar-refractivity contribution in [2.45, 2.75) is 0 Å². The van der Waals surface area contributed by atoms with Crippen LogP contribution >= 0.6 is 11.3 Å². The van der Waals surface area contributed by atoms with Gasteiger partial charge in [0.15, 0.2) is 5.13 Å². The van der Waals surface area contributed by atoms with E-state index >= 15 is 0 Å². The Morgan fingerprint density at radius 3 is 2.67 bits per heavy atom. The number of thiazole rings is 1. The van der Waals surface area contributed by atoms with Crippen molar-refractivity contribution in [2.24, 2.45) is 0 Å². The van der Waals surface area contributed by atoms with Crippen molar-refractivity contribution in [3.63, 3.8) is 0 Å². The van der Waals surface area contributed by atoms with Crippen LogP contribution < -0.4 is 10.1 Å². The molecule has 2 N–H and O–H groups in total. The highest BCUT2D eigenvalue weighted by Gasteiger charge is 2.05. The van der Waals surface area contributed by atoms with E-state index in [1.165, 1.54) is 11.3 Å². The number of ether oxygens (including phenoxy) is 1. The average molecular weight is 298 g/mol. The number of nitrogens with zero attached hydrogens (tertiary/aromatic N) is 1. The summed E-state index contributed by atoms with van der Waals surface area (Å²) in [5, 5.41) is 15.4. The standard InChI is InChI=1S/C16H14N2O2S/c1-20-14-7-5-11(6-8-14)15-10-21-16(18-15)17-12-3-2-4-13(19)9-12/h2-10,19H,1H3,(H,17,18). The molecular formula is C16H14N2O2S. The molecule has 0 saturated heterocycles. The highest BCUT2D eigenvalue weighted by Crippen LogP contribution is 2.28. The topological polar surface area (TPSA) is 54.4 Å². The van der Waals surface area contributed by atoms with Crippen LogP contribution in [0.4, 0.5) is 10.8 Å². The lowest BCUT2D eigenvalue weighted by Gasteiger charge is -2.03. The predicted octanol–water partition coefficient (Wildman–Crippen LogP) is 4.27. The number of nitrogens with one attached hydrogen (secondary N) is 1. The molecule has 4 nitrogen and oxygen atoms in total. The van der Waals surface area contributed by atoms with Gasteiger partial charge in [0, 0.05) is 22.7 Å². The normalized spacial score (nSPS) is 10.3. The van der Waals surface area contributed by atoms with E-state index < -0.39 is 0 Å². The summed E-state index contributed by atoms with van der Waals surface area (Å²) in [6.45, 7) is 0. The summed E-state index contributed by atoms with van der Waals surface area (Å²) >= 11 is 1.52. The first-order valence-electron chi connectivity index (χ1n) is 6.40. The molecule has 0 bridgehead atoms. The molecule has 106 valence electrons. The second kappa shape index (κ2) is 5.85. The number of aromatic nitrogens is 1. The van der Waals surface area contributed by atoms with Crippen molar-refractivity contribution in [1.29, 1.82) is 0 Å². The molecule has 0 aliphatic rings. The first-order valence-corrected chi connectivity index (χ1v) is 7.28. The molecule has 1 heterocycles. The smallest absolute Gasteiger partial charge is 0.187 e. The Balaban J connectivity index is 1.79. The minimum Gasteiger partial charge on any atom is -0.508 e. The molecule has 1 aromatic heterocycles. The van der Waals surface area contributed by atoms with Crippen LogP contribution in [0.25, 0.3) is 11.3 Å². The van der Waals surface area contributed by atoms with Gasteiger partial charge >= 0.3 is 0 Å². The van der Waals surface area contributed by atoms with E-state index in [4.69, 9.17) is 4.74 Å². The van der Waals surface area contributed by atoms with Gasteiger partial charge in [0.25, 0.3) is 0 Å². The first kappa shape index (κ1) is 13.5. The van der Waals surface area contributed by atoms with Crippen molar-refractivity contribution in [2.75, 3.05) is 12.4 Å². The van der Waals surface area contributed by atoms with E-state index in [-0.39, 0.29) is 5.75 Å². The molecule has 0 aliphatic carbocycles. The van der Waals surface area contributed by atoms with Crippen LogP contribution in [0.1, 0.15) is 0 Å². The van der Waals surface area contributed by atoms with Crippen LogP contribution in [0.15, 0.2) is 53.9 Å². The summed E-state index contributed by atoms with van der Waals surface area (Å²) in [7, 11) is 1.65. The molecule has 21 heavy (non-hydrogen) atoms. The lowest BCUT2D eigenvalue weighted by Crippen LogP contribution is -1.89. The van der Waals surface area contributed by atoms with Gasteiger partial charge < -0.3 is 15.2 Å². The first-order chi connectivity index (χ1) is 10.2. The Kier molecular flexibility index (Phi) is 3.75. The summed E-state index contributed by atoms with van der Waals surface area (Å²) in [5.74, 6) is 1.05. The monoisotopic (exact) mass is 298 g/mol. The number of methoxy groups -OCH3 is 1. The lowest BCUT2D eigenvalue weighted by atomic mass is 10.2. The fraction of sp³-hybridized carbons (Fsp3) is 0.0625. The molecule has 3 aromatic rings. The third-order valence-corrected chi connectivity index (χ3v) is 3.75. The Hall–Kier alpha value is -2.53. The maximum atomic E-state index is 9.45. The zero-order valence-corrected chi connectivity index (χ0v) is 12.2. The van der Waals surface area contributed by atoms with Gasteiger partial charge in [-0.2, -0.15) is 0 Å². The maximum Gasteiger partial charge on any atom is 0.187 e. The Bertz CT molecular complexity index is 738. The molecule has 3 rings (SSSR count). The molecule has 0 amide bonds. The van der Waals surface area contributed by atoms with Gasteiger partial charge in [-0.1, -0.05) is 6.07 Å². The zero-order chi connectivity index (χ0) is 14.7. The van der Waals surface area contributed by atoms with Crippen LogP contribution in [0.2, 0.25) is 0 Å². The van der Waals surface area contributed by atoms with E-state index in [1.807, 2.05) is 35.7 Å². The lowest BCUT2D eigenvalue weighted by molar-refractivity contribution is 0.415. The summed E-state index contributed by atoms with van der Waals surface area (Å²) in [4.78, 5) is 4.55. The number of hydrogen-bond donors (Lipinski definition) is 2. The fourth-order valence-electron chi connectivity index (χ4n) is 1.93. The molecule has 0 spiro atoms. The fourth-order valence-corrected chi connectivity index (χ4v) is 2.67. The molecular weight excluding hydrogens is 284 g/mol. The van der Waals surface area contributed by atoms with E-state index in [9.17, 15) is 5.11 Å². The summed E-state index contributed by atoms with van der Waals surface area (Å²) in [6.07, 6.45) is 0. The summed E-state index contributed by atoms with van der Waals surface area (Å²) in [5.41, 5.74) is 2.76. The van der Waals surface area contributed by atoms with E-state index in [2.05, 4.69) is 10.3 Å². The second-order valence-electron chi connectivity index (χ2n) is 4.44. The molecule has 0 saturated carbocycles. The van der Waals surface area contributed by atoms with Gasteiger partial charge in [0.2, 0.25) is 0 Å². The highest BCUT2D eigenvalue weighted by molar-refractivity contribution is 7.14. The quantitative estimate of drug-likeness (QED) is 0.755. The average Bonchev–Trinajstić information content (AvgIpc) is 2.96. The van der Waals surface area contributed by atoms with Crippen LogP contribution in [0.5, 0.6) is 11.5 Å². The summed E-state index contributed by atoms with van der Waals surface area (Å²) in [6, 6.07) is 14.8. The summed E-state index contributed by atoms with van der Waals surface area (Å²) < 4.78 is 5.15. The minimum atomic E-state index is 0.229. The van der Waals surface area contributed by atoms with Crippen LogP contribution in [0, 0.1) is 0 Å². The van der Waals surface area contributed by atoms with Crippen LogP contribution in [0.3, 0.4) is 0 Å². The van der Waals surface area contributed by atoms with Gasteiger partial charge in [0.05, 0.1) is 12.8 Å². The van der Waals surface area contributed by atoms with Crippen molar-refractivity contribution in [3.05, 3.63) is 53.9 Å². The van der Waals surface area contributed by atoms with Crippen LogP contribution in [-0.2, 0) is 0 Å². The molecule has 0 radical (unpaired) electrons. The van der Waals surface area contributed by atoms with Crippen LogP contribution in [-0.4, -0.2) is 17.2 Å². The van der Waals surface area contributed by atoms with Gasteiger partial charge in [0.1, 0.15) is 11.5 Å². The minimum absolute atomic E-state index is 0.229. The number of phenolic OH excluding ortho intramolecular Hbond substituents is 1. The highest BCUT2D eigenvalue weighted by atomic mass is 32.1. The molecule has 2 aromatic carbocycles. The zero-order valence-electron chi connectivity index (χ0n) is 11.4.